The Balaban J connectivity index is 1.47. The molecule has 31 heavy (non-hydrogen) atoms. The molecule has 1 unspecified atom stereocenters. The molecule has 0 bridgehead atoms. The van der Waals surface area contributed by atoms with Crippen LogP contribution in [0.3, 0.4) is 0 Å². The average Bonchev–Trinajstić information content (AvgIpc) is 3.05. The Hall–Kier alpha value is -0.500. The molecule has 8 atom stereocenters. The normalized spacial score (nSPS) is 42.9. The summed E-state index contributed by atoms with van der Waals surface area (Å²) in [7, 11) is 0. The number of allylic oxidation sites excluding steroid dienone is 1. The molecular formula is C28H45ClO2. The summed E-state index contributed by atoms with van der Waals surface area (Å²) in [5.41, 5.74) is 1.77. The zero-order valence-electron chi connectivity index (χ0n) is 20.6. The highest BCUT2D eigenvalue weighted by atomic mass is 35.5. The third-order valence-electron chi connectivity index (χ3n) is 10.5. The van der Waals surface area contributed by atoms with Gasteiger partial charge in [0.1, 0.15) is 6.10 Å². The van der Waals surface area contributed by atoms with E-state index < -0.39 is 5.43 Å². The Morgan fingerprint density at radius 2 is 1.87 bits per heavy atom. The van der Waals surface area contributed by atoms with Gasteiger partial charge in [0, 0.05) is 18.0 Å². The number of hydrogen-bond acceptors (Lipinski definition) is 2. The molecule has 0 aromatic rings. The quantitative estimate of drug-likeness (QED) is 0.299. The minimum absolute atomic E-state index is 0.0164. The van der Waals surface area contributed by atoms with Crippen LogP contribution >= 0.6 is 11.6 Å². The monoisotopic (exact) mass is 448 g/mol. The fourth-order valence-corrected chi connectivity index (χ4v) is 9.01. The summed E-state index contributed by atoms with van der Waals surface area (Å²) in [5, 5.41) is 0. The number of hydrogen-bond donors (Lipinski definition) is 0. The van der Waals surface area contributed by atoms with Gasteiger partial charge in [0.2, 0.25) is 0 Å². The van der Waals surface area contributed by atoms with Gasteiger partial charge in [-0.25, -0.2) is 4.79 Å². The van der Waals surface area contributed by atoms with Crippen molar-refractivity contribution in [1.29, 1.82) is 0 Å². The van der Waals surface area contributed by atoms with Crippen LogP contribution < -0.4 is 0 Å². The van der Waals surface area contributed by atoms with E-state index in [1.54, 1.807) is 5.57 Å². The summed E-state index contributed by atoms with van der Waals surface area (Å²) in [6, 6.07) is 0. The summed E-state index contributed by atoms with van der Waals surface area (Å²) in [6.07, 6.45) is 16.7. The second-order valence-electron chi connectivity index (χ2n) is 12.5. The van der Waals surface area contributed by atoms with E-state index in [0.29, 0.717) is 10.8 Å². The van der Waals surface area contributed by atoms with E-state index in [9.17, 15) is 4.79 Å². The molecule has 4 aliphatic rings. The predicted octanol–water partition coefficient (Wildman–Crippen LogP) is 8.77. The second kappa shape index (κ2) is 9.03. The molecule has 0 spiro atoms. The molecule has 0 radical (unpaired) electrons. The molecule has 4 aliphatic carbocycles. The van der Waals surface area contributed by atoms with E-state index in [4.69, 9.17) is 16.3 Å². The zero-order valence-corrected chi connectivity index (χ0v) is 21.3. The maximum atomic E-state index is 11.2. The first-order valence-electron chi connectivity index (χ1n) is 13.2. The van der Waals surface area contributed by atoms with Gasteiger partial charge < -0.3 is 4.74 Å². The first-order valence-corrected chi connectivity index (χ1v) is 13.6. The highest BCUT2D eigenvalue weighted by Gasteiger charge is 2.59. The van der Waals surface area contributed by atoms with Crippen molar-refractivity contribution in [2.75, 3.05) is 0 Å². The Morgan fingerprint density at radius 1 is 1.10 bits per heavy atom. The van der Waals surface area contributed by atoms with Crippen molar-refractivity contribution in [3.63, 3.8) is 0 Å². The molecule has 0 aromatic carbocycles. The van der Waals surface area contributed by atoms with E-state index in [-0.39, 0.29) is 6.10 Å². The Labute approximate surface area is 195 Å². The summed E-state index contributed by atoms with van der Waals surface area (Å²) in [4.78, 5) is 11.2. The molecule has 0 aromatic heterocycles. The van der Waals surface area contributed by atoms with Crippen LogP contribution in [0.2, 0.25) is 0 Å². The zero-order chi connectivity index (χ0) is 22.4. The lowest BCUT2D eigenvalue weighted by Gasteiger charge is -2.58. The first kappa shape index (κ1) is 23.7. The summed E-state index contributed by atoms with van der Waals surface area (Å²) in [5.74, 6) is 5.19. The van der Waals surface area contributed by atoms with Gasteiger partial charge in [-0.1, -0.05) is 65.5 Å². The van der Waals surface area contributed by atoms with E-state index >= 15 is 0 Å². The van der Waals surface area contributed by atoms with Crippen LogP contribution in [0.15, 0.2) is 11.6 Å². The maximum absolute atomic E-state index is 11.2. The topological polar surface area (TPSA) is 26.3 Å². The Bertz CT molecular complexity index is 699. The fourth-order valence-electron chi connectivity index (χ4n) is 8.88. The second-order valence-corrected chi connectivity index (χ2v) is 12.8. The van der Waals surface area contributed by atoms with Crippen molar-refractivity contribution >= 4 is 17.0 Å². The van der Waals surface area contributed by atoms with Gasteiger partial charge >= 0.3 is 5.43 Å². The highest BCUT2D eigenvalue weighted by molar-refractivity contribution is 6.61. The third kappa shape index (κ3) is 4.36. The first-order chi connectivity index (χ1) is 14.6. The lowest BCUT2D eigenvalue weighted by molar-refractivity contribution is -0.0573. The SMILES string of the molecule is CC(C)CCC[C@@H](C)[C@H]1CC[C@H]2[C@@H]3CC=C4CC(OC(=O)Cl)CC[C@]4(C)[C@H]3CC[C@]12C. The number of carbonyl (C=O) groups excluding carboxylic acids is 1. The van der Waals surface area contributed by atoms with Crippen LogP contribution in [0.1, 0.15) is 105 Å². The molecule has 0 amide bonds. The molecule has 0 N–H and O–H groups in total. The van der Waals surface area contributed by atoms with Gasteiger partial charge in [-0.3, -0.25) is 0 Å². The predicted molar refractivity (Wildman–Crippen MR) is 129 cm³/mol. The van der Waals surface area contributed by atoms with Gasteiger partial charge in [0.15, 0.2) is 0 Å². The van der Waals surface area contributed by atoms with Crippen LogP contribution in [-0.2, 0) is 4.74 Å². The van der Waals surface area contributed by atoms with Crippen LogP contribution in [0.25, 0.3) is 0 Å². The minimum Gasteiger partial charge on any atom is -0.450 e. The Morgan fingerprint density at radius 3 is 2.58 bits per heavy atom. The van der Waals surface area contributed by atoms with Crippen LogP contribution in [0.5, 0.6) is 0 Å². The lowest BCUT2D eigenvalue weighted by Crippen LogP contribution is -2.51. The summed E-state index contributed by atoms with van der Waals surface area (Å²) < 4.78 is 5.38. The van der Waals surface area contributed by atoms with Crippen molar-refractivity contribution < 1.29 is 9.53 Å². The molecular weight excluding hydrogens is 404 g/mol. The molecule has 176 valence electrons. The van der Waals surface area contributed by atoms with Crippen LogP contribution in [-0.4, -0.2) is 11.5 Å². The molecule has 0 heterocycles. The highest BCUT2D eigenvalue weighted by Crippen LogP contribution is 2.67. The molecule has 2 nitrogen and oxygen atoms in total. The number of carbonyl (C=O) groups is 1. The third-order valence-corrected chi connectivity index (χ3v) is 10.6. The molecule has 3 fully saturated rings. The van der Waals surface area contributed by atoms with Crippen molar-refractivity contribution in [2.45, 2.75) is 111 Å². The van der Waals surface area contributed by atoms with Crippen molar-refractivity contribution in [3.8, 4) is 0 Å². The Kier molecular flexibility index (Phi) is 6.89. The van der Waals surface area contributed by atoms with Crippen LogP contribution in [0.4, 0.5) is 4.79 Å². The smallest absolute Gasteiger partial charge is 0.404 e. The van der Waals surface area contributed by atoms with Gasteiger partial charge in [-0.2, -0.15) is 0 Å². The molecule has 4 rings (SSSR count). The number of fused-ring (bicyclic) bond motifs is 5. The van der Waals surface area contributed by atoms with Gasteiger partial charge in [0.05, 0.1) is 0 Å². The van der Waals surface area contributed by atoms with E-state index in [1.165, 1.54) is 51.4 Å². The molecule has 0 aliphatic heterocycles. The summed E-state index contributed by atoms with van der Waals surface area (Å²) in [6.45, 7) is 12.5. The lowest BCUT2D eigenvalue weighted by atomic mass is 9.47. The molecule has 3 saturated carbocycles. The number of rotatable bonds is 6. The van der Waals surface area contributed by atoms with E-state index in [0.717, 1.165) is 54.8 Å². The molecule has 0 saturated heterocycles. The average molecular weight is 449 g/mol. The largest absolute Gasteiger partial charge is 0.450 e. The van der Waals surface area contributed by atoms with Gasteiger partial charge in [-0.05, 0) is 91.3 Å². The van der Waals surface area contributed by atoms with Gasteiger partial charge in [0.25, 0.3) is 0 Å². The van der Waals surface area contributed by atoms with Gasteiger partial charge in [-0.15, -0.1) is 0 Å². The standard InChI is InChI=1S/C28H45ClO2/c1-18(2)7-6-8-19(3)23-11-12-24-22-10-9-20-17-21(31-26(29)30)13-15-27(20,4)25(22)14-16-28(23,24)5/h9,18-19,21-25H,6-8,10-17H2,1-5H3/t19-,21?,22+,23-,24+,25+,27+,28-/m1/s1. The van der Waals surface area contributed by atoms with E-state index in [2.05, 4.69) is 40.7 Å². The number of halogens is 1. The minimum atomic E-state index is -0.643. The van der Waals surface area contributed by atoms with E-state index in [1.807, 2.05) is 0 Å². The van der Waals surface area contributed by atoms with Crippen molar-refractivity contribution in [3.05, 3.63) is 11.6 Å². The summed E-state index contributed by atoms with van der Waals surface area (Å²) >= 11 is 5.51. The fraction of sp³-hybridized carbons (Fsp3) is 0.893. The maximum Gasteiger partial charge on any atom is 0.404 e. The van der Waals surface area contributed by atoms with Crippen molar-refractivity contribution in [1.82, 2.24) is 0 Å². The van der Waals surface area contributed by atoms with Crippen LogP contribution in [0, 0.1) is 46.3 Å². The number of ether oxygens (including phenoxy) is 1. The van der Waals surface area contributed by atoms with Crippen molar-refractivity contribution in [2.24, 2.45) is 46.3 Å². The molecule has 3 heteroatoms.